The Morgan fingerprint density at radius 2 is 1.74 bits per heavy atom. The number of imidazole rings is 1. The monoisotopic (exact) mass is 575 g/mol. The van der Waals surface area contributed by atoms with Crippen LogP contribution in [0.3, 0.4) is 0 Å². The number of fused-ring (bicyclic) bond motifs is 1. The number of aromatic nitrogens is 4. The van der Waals surface area contributed by atoms with Gasteiger partial charge in [-0.15, -0.1) is 0 Å². The van der Waals surface area contributed by atoms with Gasteiger partial charge in [0.15, 0.2) is 17.7 Å². The third kappa shape index (κ3) is 5.15. The van der Waals surface area contributed by atoms with Gasteiger partial charge < -0.3 is 20.9 Å². The number of carbonyl (C=O) groups is 1. The van der Waals surface area contributed by atoms with Gasteiger partial charge in [-0.2, -0.15) is 18.4 Å². The molecular formula is C29H28F3N9O. The van der Waals surface area contributed by atoms with Crippen LogP contribution in [0, 0.1) is 11.5 Å². The predicted molar refractivity (Wildman–Crippen MR) is 149 cm³/mol. The summed E-state index contributed by atoms with van der Waals surface area (Å²) in [7, 11) is 0. The molecule has 2 aliphatic heterocycles. The standard InChI is InChI=1S/C29H28F3N9O/c30-29(31,32)24-8-7-23-27(38-24)41(26(37-23)22-2-1-12-35-25(22)34)21-5-3-18(4-6-21)19-9-13-40(16-19)28(42)39-14-10-20(11-15-39)36-17-33/h1-8,12,19-20,36H,9-11,13-16H2,(H2,34,35)/t19-/m1/s1. The Balaban J connectivity index is 1.26. The van der Waals surface area contributed by atoms with E-state index in [1.54, 1.807) is 16.7 Å². The zero-order valence-electron chi connectivity index (χ0n) is 22.6. The summed E-state index contributed by atoms with van der Waals surface area (Å²) in [5.74, 6) is 0.660. The van der Waals surface area contributed by atoms with Crippen LogP contribution < -0.4 is 11.1 Å². The first-order valence-electron chi connectivity index (χ1n) is 13.7. The summed E-state index contributed by atoms with van der Waals surface area (Å²) >= 11 is 0. The van der Waals surface area contributed by atoms with Crippen LogP contribution in [0.4, 0.5) is 23.8 Å². The number of rotatable bonds is 4. The zero-order chi connectivity index (χ0) is 29.4. The summed E-state index contributed by atoms with van der Waals surface area (Å²) in [5.41, 5.74) is 7.54. The highest BCUT2D eigenvalue weighted by Crippen LogP contribution is 2.35. The number of carbonyl (C=O) groups excluding carboxylic acids is 1. The first-order valence-corrected chi connectivity index (χ1v) is 13.7. The fourth-order valence-corrected chi connectivity index (χ4v) is 5.76. The Bertz CT molecular complexity index is 1650. The largest absolute Gasteiger partial charge is 0.433 e. The van der Waals surface area contributed by atoms with Crippen molar-refractivity contribution in [3.8, 4) is 23.3 Å². The van der Waals surface area contributed by atoms with Gasteiger partial charge in [-0.25, -0.2) is 19.7 Å². The average molecular weight is 576 g/mol. The van der Waals surface area contributed by atoms with Crippen LogP contribution in [0.1, 0.15) is 36.4 Å². The molecule has 5 heterocycles. The number of nitrogens with two attached hydrogens (primary N) is 1. The number of pyridine rings is 2. The number of amides is 2. The summed E-state index contributed by atoms with van der Waals surface area (Å²) in [6.45, 7) is 2.44. The molecule has 6 rings (SSSR count). The molecular weight excluding hydrogens is 547 g/mol. The van der Waals surface area contributed by atoms with E-state index in [4.69, 9.17) is 11.0 Å². The lowest BCUT2D eigenvalue weighted by atomic mass is 9.98. The minimum absolute atomic E-state index is 0.0136. The maximum Gasteiger partial charge on any atom is 0.433 e. The number of nitrogens with one attached hydrogen (secondary N) is 1. The van der Waals surface area contributed by atoms with E-state index in [0.29, 0.717) is 48.8 Å². The van der Waals surface area contributed by atoms with E-state index in [0.717, 1.165) is 30.9 Å². The van der Waals surface area contributed by atoms with Gasteiger partial charge >= 0.3 is 12.2 Å². The number of halogens is 3. The third-order valence-electron chi connectivity index (χ3n) is 7.99. The number of piperidine rings is 1. The van der Waals surface area contributed by atoms with Gasteiger partial charge in [0.25, 0.3) is 0 Å². The van der Waals surface area contributed by atoms with Crippen molar-refractivity contribution in [2.45, 2.75) is 37.4 Å². The fraction of sp³-hybridized carbons (Fsp3) is 0.345. The maximum absolute atomic E-state index is 13.6. The van der Waals surface area contributed by atoms with Gasteiger partial charge in [0.05, 0.1) is 5.56 Å². The summed E-state index contributed by atoms with van der Waals surface area (Å²) < 4.78 is 42.2. The van der Waals surface area contributed by atoms with Crippen LogP contribution in [-0.4, -0.2) is 67.6 Å². The van der Waals surface area contributed by atoms with Crippen LogP contribution >= 0.6 is 0 Å². The van der Waals surface area contributed by atoms with Crippen molar-refractivity contribution in [3.05, 3.63) is 66.0 Å². The van der Waals surface area contributed by atoms with Crippen LogP contribution in [0.25, 0.3) is 28.2 Å². The Labute approximate surface area is 239 Å². The topological polar surface area (TPSA) is 129 Å². The van der Waals surface area contributed by atoms with Gasteiger partial charge in [0, 0.05) is 50.0 Å². The molecule has 0 unspecified atom stereocenters. The molecule has 13 heteroatoms. The highest BCUT2D eigenvalue weighted by Gasteiger charge is 2.34. The number of nitriles is 1. The number of urea groups is 1. The van der Waals surface area contributed by atoms with E-state index in [9.17, 15) is 18.0 Å². The SMILES string of the molecule is N#CNC1CCN(C(=O)N2CC[C@@H](c3ccc(-n4c(-c5cccnc5N)nc5ccc(C(F)(F)F)nc54)cc3)C2)CC1. The van der Waals surface area contributed by atoms with E-state index in [1.807, 2.05) is 40.3 Å². The minimum atomic E-state index is -4.62. The smallest absolute Gasteiger partial charge is 0.383 e. The number of benzene rings is 1. The van der Waals surface area contributed by atoms with Crippen LogP contribution in [0.2, 0.25) is 0 Å². The quantitative estimate of drug-likeness (QED) is 0.270. The highest BCUT2D eigenvalue weighted by molar-refractivity contribution is 5.83. The highest BCUT2D eigenvalue weighted by atomic mass is 19.4. The first-order chi connectivity index (χ1) is 20.2. The molecule has 2 aliphatic rings. The molecule has 1 atom stereocenters. The minimum Gasteiger partial charge on any atom is -0.383 e. The van der Waals surface area contributed by atoms with Crippen molar-refractivity contribution in [2.75, 3.05) is 31.9 Å². The molecule has 216 valence electrons. The molecule has 1 aromatic carbocycles. The van der Waals surface area contributed by atoms with Crippen molar-refractivity contribution in [3.63, 3.8) is 0 Å². The van der Waals surface area contributed by atoms with Crippen molar-refractivity contribution < 1.29 is 18.0 Å². The van der Waals surface area contributed by atoms with Crippen LogP contribution in [0.5, 0.6) is 0 Å². The molecule has 2 saturated heterocycles. The zero-order valence-corrected chi connectivity index (χ0v) is 22.6. The molecule has 2 fully saturated rings. The van der Waals surface area contributed by atoms with Gasteiger partial charge in [0.1, 0.15) is 17.0 Å². The third-order valence-corrected chi connectivity index (χ3v) is 7.99. The summed E-state index contributed by atoms with van der Waals surface area (Å²) in [6, 6.07) is 13.3. The van der Waals surface area contributed by atoms with Gasteiger partial charge in [-0.3, -0.25) is 4.57 Å². The van der Waals surface area contributed by atoms with E-state index in [-0.39, 0.29) is 29.5 Å². The average Bonchev–Trinajstić information content (AvgIpc) is 3.63. The molecule has 3 aromatic heterocycles. The van der Waals surface area contributed by atoms with E-state index < -0.39 is 11.9 Å². The van der Waals surface area contributed by atoms with Crippen molar-refractivity contribution in [1.29, 1.82) is 5.26 Å². The summed E-state index contributed by atoms with van der Waals surface area (Å²) in [5, 5.41) is 11.6. The Morgan fingerprint density at radius 3 is 2.43 bits per heavy atom. The molecule has 0 saturated carbocycles. The number of hydrogen-bond donors (Lipinski definition) is 2. The van der Waals surface area contributed by atoms with Gasteiger partial charge in [-0.05, 0) is 61.2 Å². The number of anilines is 1. The van der Waals surface area contributed by atoms with E-state index in [1.165, 1.54) is 12.3 Å². The lowest BCUT2D eigenvalue weighted by Crippen LogP contribution is -2.48. The van der Waals surface area contributed by atoms with E-state index in [2.05, 4.69) is 20.3 Å². The maximum atomic E-state index is 13.6. The Morgan fingerprint density at radius 1 is 1.00 bits per heavy atom. The lowest BCUT2D eigenvalue weighted by molar-refractivity contribution is -0.141. The summed E-state index contributed by atoms with van der Waals surface area (Å²) in [6.07, 6.45) is 1.19. The van der Waals surface area contributed by atoms with Crippen LogP contribution in [-0.2, 0) is 6.18 Å². The number of likely N-dealkylation sites (tertiary alicyclic amines) is 2. The normalized spacial score (nSPS) is 17.9. The van der Waals surface area contributed by atoms with Crippen molar-refractivity contribution >= 4 is 23.0 Å². The number of alkyl halides is 3. The molecule has 42 heavy (non-hydrogen) atoms. The second-order valence-electron chi connectivity index (χ2n) is 10.6. The van der Waals surface area contributed by atoms with Crippen molar-refractivity contribution in [1.82, 2.24) is 34.6 Å². The van der Waals surface area contributed by atoms with Crippen molar-refractivity contribution in [2.24, 2.45) is 0 Å². The molecule has 0 aliphatic carbocycles. The number of nitrogen functional groups attached to an aromatic ring is 1. The van der Waals surface area contributed by atoms with Gasteiger partial charge in [-0.1, -0.05) is 12.1 Å². The molecule has 0 spiro atoms. The van der Waals surface area contributed by atoms with E-state index >= 15 is 0 Å². The molecule has 0 radical (unpaired) electrons. The molecule has 3 N–H and O–H groups in total. The summed E-state index contributed by atoms with van der Waals surface area (Å²) in [4.78, 5) is 29.5. The molecule has 2 amide bonds. The fourth-order valence-electron chi connectivity index (χ4n) is 5.76. The molecule has 10 nitrogen and oxygen atoms in total. The van der Waals surface area contributed by atoms with Gasteiger partial charge in [0.2, 0.25) is 0 Å². The predicted octanol–water partition coefficient (Wildman–Crippen LogP) is 4.53. The number of hydrogen-bond acceptors (Lipinski definition) is 7. The number of nitrogens with zero attached hydrogens (tertiary/aromatic N) is 7. The van der Waals surface area contributed by atoms with Crippen LogP contribution in [0.15, 0.2) is 54.7 Å². The molecule has 0 bridgehead atoms. The first kappa shape index (κ1) is 27.3. The second kappa shape index (κ2) is 10.8. The molecule has 4 aromatic rings. The Kier molecular flexibility index (Phi) is 7.06. The second-order valence-corrected chi connectivity index (χ2v) is 10.6. The Hall–Kier alpha value is -4.86. The lowest BCUT2D eigenvalue weighted by Gasteiger charge is -2.34.